The summed E-state index contributed by atoms with van der Waals surface area (Å²) >= 11 is 1.62. The summed E-state index contributed by atoms with van der Waals surface area (Å²) in [5, 5.41) is 3.08. The minimum atomic E-state index is -0.576. The molecular weight excluding hydrogens is 444 g/mol. The number of nitrogens with zero attached hydrogens (tertiary/aromatic N) is 2. The molecule has 0 N–H and O–H groups in total. The number of aromatic nitrogens is 1. The predicted octanol–water partition coefficient (Wildman–Crippen LogP) is 5.90. The number of rotatable bonds is 7. The first-order chi connectivity index (χ1) is 16.7. The van der Waals surface area contributed by atoms with Gasteiger partial charge in [0.15, 0.2) is 6.10 Å². The molecule has 0 fully saturated rings. The van der Waals surface area contributed by atoms with E-state index in [9.17, 15) is 4.79 Å². The Morgan fingerprint density at radius 3 is 2.35 bits per heavy atom. The van der Waals surface area contributed by atoms with Gasteiger partial charge in [-0.2, -0.15) is 0 Å². The van der Waals surface area contributed by atoms with E-state index in [0.29, 0.717) is 12.4 Å². The van der Waals surface area contributed by atoms with Crippen LogP contribution >= 0.6 is 11.3 Å². The summed E-state index contributed by atoms with van der Waals surface area (Å²) in [6, 6.07) is 26.0. The molecule has 34 heavy (non-hydrogen) atoms. The van der Waals surface area contributed by atoms with Crippen molar-refractivity contribution in [2.45, 2.75) is 25.5 Å². The highest BCUT2D eigenvalue weighted by Gasteiger charge is 2.37. The van der Waals surface area contributed by atoms with Crippen LogP contribution in [0.15, 0.2) is 84.2 Å². The van der Waals surface area contributed by atoms with Gasteiger partial charge in [0.25, 0.3) is 5.91 Å². The molecule has 1 aliphatic heterocycles. The monoisotopic (exact) mass is 470 g/mol. The third-order valence-electron chi connectivity index (χ3n) is 5.96. The zero-order valence-electron chi connectivity index (χ0n) is 19.2. The lowest BCUT2D eigenvalue weighted by atomic mass is 9.94. The Kier molecular flexibility index (Phi) is 6.43. The fraction of sp³-hybridized carbons (Fsp3) is 0.214. The Balaban J connectivity index is 1.62. The molecule has 5 rings (SSSR count). The average Bonchev–Trinajstić information content (AvgIpc) is 3.35. The van der Waals surface area contributed by atoms with Gasteiger partial charge in [-0.3, -0.25) is 9.69 Å². The van der Waals surface area contributed by atoms with Crippen molar-refractivity contribution in [3.63, 3.8) is 0 Å². The number of benzene rings is 3. The van der Waals surface area contributed by atoms with Crippen molar-refractivity contribution >= 4 is 22.9 Å². The van der Waals surface area contributed by atoms with Crippen LogP contribution in [0.3, 0.4) is 0 Å². The second-order valence-electron chi connectivity index (χ2n) is 8.24. The topological polar surface area (TPSA) is 51.7 Å². The van der Waals surface area contributed by atoms with Crippen LogP contribution in [0.5, 0.6) is 5.75 Å². The molecule has 5 nitrogen and oxygen atoms in total. The van der Waals surface area contributed by atoms with Crippen LogP contribution in [0.1, 0.15) is 29.1 Å². The van der Waals surface area contributed by atoms with Crippen molar-refractivity contribution in [2.24, 2.45) is 0 Å². The third kappa shape index (κ3) is 4.34. The van der Waals surface area contributed by atoms with Crippen molar-refractivity contribution in [1.29, 1.82) is 0 Å². The maximum Gasteiger partial charge on any atom is 0.268 e. The van der Waals surface area contributed by atoms with Crippen molar-refractivity contribution in [3.8, 4) is 17.0 Å². The number of hydrogen-bond donors (Lipinski definition) is 0. The molecule has 0 radical (unpaired) electrons. The van der Waals surface area contributed by atoms with Gasteiger partial charge in [0.1, 0.15) is 5.75 Å². The van der Waals surface area contributed by atoms with Gasteiger partial charge in [-0.15, -0.1) is 11.3 Å². The van der Waals surface area contributed by atoms with Crippen LogP contribution in [0, 0.1) is 0 Å². The van der Waals surface area contributed by atoms with Gasteiger partial charge in [-0.25, -0.2) is 4.98 Å². The number of ether oxygens (including phenoxy) is 2. The average molecular weight is 471 g/mol. The highest BCUT2D eigenvalue weighted by molar-refractivity contribution is 7.09. The second kappa shape index (κ2) is 9.79. The fourth-order valence-electron chi connectivity index (χ4n) is 4.30. The van der Waals surface area contributed by atoms with E-state index in [4.69, 9.17) is 14.5 Å². The molecule has 1 aliphatic rings. The summed E-state index contributed by atoms with van der Waals surface area (Å²) < 4.78 is 11.2. The Morgan fingerprint density at radius 2 is 1.71 bits per heavy atom. The zero-order valence-corrected chi connectivity index (χ0v) is 20.0. The number of fused-ring (bicyclic) bond motifs is 1. The minimum absolute atomic E-state index is 0.0681. The summed E-state index contributed by atoms with van der Waals surface area (Å²) in [5.41, 5.74) is 4.69. The SMILES string of the molecule is COCCc1nc(-c2ccc3c(c2)N(C(c2ccccc2)c2ccccc2)C(=O)C(C)O3)cs1. The quantitative estimate of drug-likeness (QED) is 0.337. The van der Waals surface area contributed by atoms with Crippen molar-refractivity contribution < 1.29 is 14.3 Å². The number of carbonyl (C=O) groups is 1. The molecule has 3 aromatic carbocycles. The first-order valence-electron chi connectivity index (χ1n) is 11.3. The maximum absolute atomic E-state index is 13.6. The van der Waals surface area contributed by atoms with Crippen LogP contribution in [-0.4, -0.2) is 30.7 Å². The summed E-state index contributed by atoms with van der Waals surface area (Å²) in [7, 11) is 1.69. The first-order valence-corrected chi connectivity index (χ1v) is 12.2. The van der Waals surface area contributed by atoms with E-state index in [-0.39, 0.29) is 11.9 Å². The molecule has 1 amide bonds. The molecule has 2 heterocycles. The molecule has 1 unspecified atom stereocenters. The van der Waals surface area contributed by atoms with Crippen molar-refractivity contribution in [1.82, 2.24) is 4.98 Å². The molecule has 0 spiro atoms. The van der Waals surface area contributed by atoms with Crippen LogP contribution in [0.2, 0.25) is 0 Å². The maximum atomic E-state index is 13.6. The highest BCUT2D eigenvalue weighted by atomic mass is 32.1. The Bertz CT molecular complexity index is 1230. The lowest BCUT2D eigenvalue weighted by Crippen LogP contribution is -2.46. The van der Waals surface area contributed by atoms with E-state index in [1.165, 1.54) is 0 Å². The minimum Gasteiger partial charge on any atom is -0.479 e. The molecule has 1 atom stereocenters. The van der Waals surface area contributed by atoms with Gasteiger partial charge in [0, 0.05) is 24.5 Å². The zero-order chi connectivity index (χ0) is 23.5. The van der Waals surface area contributed by atoms with E-state index in [0.717, 1.165) is 39.5 Å². The Hall–Kier alpha value is -3.48. The third-order valence-corrected chi connectivity index (χ3v) is 6.87. The molecular formula is C28H26N2O3S. The number of carbonyl (C=O) groups excluding carboxylic acids is 1. The summed E-state index contributed by atoms with van der Waals surface area (Å²) in [5.74, 6) is 0.629. The molecule has 0 saturated heterocycles. The molecule has 0 saturated carbocycles. The number of hydrogen-bond acceptors (Lipinski definition) is 5. The summed E-state index contributed by atoms with van der Waals surface area (Å²) in [4.78, 5) is 20.3. The van der Waals surface area contributed by atoms with Gasteiger partial charge in [0.2, 0.25) is 0 Å². The largest absolute Gasteiger partial charge is 0.479 e. The van der Waals surface area contributed by atoms with E-state index >= 15 is 0 Å². The fourth-order valence-corrected chi connectivity index (χ4v) is 5.08. The number of anilines is 1. The van der Waals surface area contributed by atoms with Crippen molar-refractivity contribution in [2.75, 3.05) is 18.6 Å². The smallest absolute Gasteiger partial charge is 0.268 e. The van der Waals surface area contributed by atoms with Gasteiger partial charge in [0.05, 0.1) is 29.0 Å². The lowest BCUT2D eigenvalue weighted by molar-refractivity contribution is -0.126. The van der Waals surface area contributed by atoms with Crippen LogP contribution in [0.25, 0.3) is 11.3 Å². The van der Waals surface area contributed by atoms with E-state index in [1.54, 1.807) is 18.4 Å². The molecule has 4 aromatic rings. The molecule has 0 bridgehead atoms. The Labute approximate surface area is 203 Å². The van der Waals surface area contributed by atoms with Gasteiger partial charge >= 0.3 is 0 Å². The lowest BCUT2D eigenvalue weighted by Gasteiger charge is -2.39. The van der Waals surface area contributed by atoms with Crippen LogP contribution in [-0.2, 0) is 16.0 Å². The number of amides is 1. The first kappa shape index (κ1) is 22.3. The van der Waals surface area contributed by atoms with Gasteiger partial charge < -0.3 is 9.47 Å². The molecule has 0 aliphatic carbocycles. The van der Waals surface area contributed by atoms with E-state index < -0.39 is 6.10 Å². The molecule has 6 heteroatoms. The summed E-state index contributed by atoms with van der Waals surface area (Å²) in [6.45, 7) is 2.45. The highest BCUT2D eigenvalue weighted by Crippen LogP contribution is 2.43. The normalized spacial score (nSPS) is 15.3. The van der Waals surface area contributed by atoms with E-state index in [1.807, 2.05) is 66.4 Å². The van der Waals surface area contributed by atoms with Crippen LogP contribution < -0.4 is 9.64 Å². The number of methoxy groups -OCH3 is 1. The molecule has 1 aromatic heterocycles. The summed E-state index contributed by atoms with van der Waals surface area (Å²) in [6.07, 6.45) is 0.203. The van der Waals surface area contributed by atoms with E-state index in [2.05, 4.69) is 29.6 Å². The standard InChI is InChI=1S/C28H26N2O3S/c1-19-28(31)30(27(20-9-5-3-6-10-20)21-11-7-4-8-12-21)24-17-22(13-14-25(24)33-19)23-18-34-26(29-23)15-16-32-2/h3-14,17-19,27H,15-16H2,1-2H3. The predicted molar refractivity (Wildman–Crippen MR) is 135 cm³/mol. The van der Waals surface area contributed by atoms with Gasteiger partial charge in [-0.05, 0) is 36.2 Å². The van der Waals surface area contributed by atoms with Crippen LogP contribution in [0.4, 0.5) is 5.69 Å². The van der Waals surface area contributed by atoms with Crippen molar-refractivity contribution in [3.05, 3.63) is 100 Å². The molecule has 172 valence electrons. The Morgan fingerprint density at radius 1 is 1.03 bits per heavy atom. The van der Waals surface area contributed by atoms with Gasteiger partial charge in [-0.1, -0.05) is 60.7 Å². The number of thiazole rings is 1. The second-order valence-corrected chi connectivity index (χ2v) is 9.19.